The molecule has 1 rings (SSSR count). The number of rotatable bonds is 20. The molecule has 1 N–H and O–H groups in total. The SMILES string of the molecule is CCCCCCCCCCCC[C@@H](C(=O)O)C(=O)OC[C@H]1OC(=O)[C@H]1CCCCCC. The zero-order valence-electron chi connectivity index (χ0n) is 19.7. The number of carboxylic acids is 1. The van der Waals surface area contributed by atoms with E-state index in [1.807, 2.05) is 0 Å². The minimum Gasteiger partial charge on any atom is -0.481 e. The maximum absolute atomic E-state index is 12.3. The zero-order chi connectivity index (χ0) is 22.9. The van der Waals surface area contributed by atoms with Gasteiger partial charge in [0, 0.05) is 0 Å². The van der Waals surface area contributed by atoms with Crippen LogP contribution < -0.4 is 0 Å². The van der Waals surface area contributed by atoms with Crippen LogP contribution in [0.1, 0.15) is 117 Å². The van der Waals surface area contributed by atoms with Gasteiger partial charge in [0.25, 0.3) is 0 Å². The van der Waals surface area contributed by atoms with Gasteiger partial charge in [0.1, 0.15) is 12.7 Å². The molecule has 0 bridgehead atoms. The van der Waals surface area contributed by atoms with Crippen LogP contribution in [0.4, 0.5) is 0 Å². The van der Waals surface area contributed by atoms with Gasteiger partial charge >= 0.3 is 17.9 Å². The van der Waals surface area contributed by atoms with Crippen LogP contribution >= 0.6 is 0 Å². The van der Waals surface area contributed by atoms with Gasteiger partial charge in [-0.3, -0.25) is 14.4 Å². The summed E-state index contributed by atoms with van der Waals surface area (Å²) in [6.07, 6.45) is 16.5. The Morgan fingerprint density at radius 3 is 1.90 bits per heavy atom. The predicted molar refractivity (Wildman–Crippen MR) is 121 cm³/mol. The Morgan fingerprint density at radius 1 is 0.871 bits per heavy atom. The summed E-state index contributed by atoms with van der Waals surface area (Å²) in [5.41, 5.74) is 0. The van der Waals surface area contributed by atoms with Crippen molar-refractivity contribution < 1.29 is 29.0 Å². The molecule has 0 aliphatic carbocycles. The van der Waals surface area contributed by atoms with Crippen molar-refractivity contribution in [2.75, 3.05) is 6.61 Å². The molecule has 6 nitrogen and oxygen atoms in total. The second-order valence-electron chi connectivity index (χ2n) is 8.92. The molecule has 6 heteroatoms. The lowest BCUT2D eigenvalue weighted by molar-refractivity contribution is -0.195. The maximum atomic E-state index is 12.3. The van der Waals surface area contributed by atoms with E-state index in [4.69, 9.17) is 9.47 Å². The lowest BCUT2D eigenvalue weighted by Crippen LogP contribution is -2.48. The first kappa shape index (κ1) is 27.4. The highest BCUT2D eigenvalue weighted by Crippen LogP contribution is 2.28. The monoisotopic (exact) mass is 440 g/mol. The second kappa shape index (κ2) is 17.0. The number of hydrogen-bond acceptors (Lipinski definition) is 5. The molecule has 0 amide bonds. The van der Waals surface area contributed by atoms with Crippen LogP contribution in [0.15, 0.2) is 0 Å². The summed E-state index contributed by atoms with van der Waals surface area (Å²) < 4.78 is 10.3. The molecule has 0 aromatic carbocycles. The van der Waals surface area contributed by atoms with E-state index in [0.717, 1.165) is 44.9 Å². The number of hydrogen-bond donors (Lipinski definition) is 1. The number of carbonyl (C=O) groups is 3. The first-order valence-electron chi connectivity index (χ1n) is 12.6. The summed E-state index contributed by atoms with van der Waals surface area (Å²) in [4.78, 5) is 35.4. The van der Waals surface area contributed by atoms with Crippen molar-refractivity contribution in [3.8, 4) is 0 Å². The standard InChI is InChI=1S/C25H44O6/c1-3-5-7-9-10-11-12-13-14-16-18-21(23(26)27)24(28)30-19-22-20(25(29)31-22)17-15-8-6-4-2/h20-22H,3-19H2,1-2H3,(H,26,27)/t20-,21-,22+/m0/s1. The Bertz CT molecular complexity index is 518. The number of carbonyl (C=O) groups excluding carboxylic acids is 2. The Labute approximate surface area is 188 Å². The number of aliphatic carboxylic acids is 1. The van der Waals surface area contributed by atoms with Gasteiger partial charge in [0.05, 0.1) is 5.92 Å². The van der Waals surface area contributed by atoms with Gasteiger partial charge in [-0.05, 0) is 12.8 Å². The average molecular weight is 441 g/mol. The van der Waals surface area contributed by atoms with E-state index in [1.54, 1.807) is 0 Å². The topological polar surface area (TPSA) is 89.9 Å². The molecule has 1 saturated heterocycles. The van der Waals surface area contributed by atoms with Crippen LogP contribution in [-0.2, 0) is 23.9 Å². The van der Waals surface area contributed by atoms with E-state index in [2.05, 4.69) is 13.8 Å². The molecule has 3 atom stereocenters. The fourth-order valence-corrected chi connectivity index (χ4v) is 4.09. The first-order valence-corrected chi connectivity index (χ1v) is 12.6. The summed E-state index contributed by atoms with van der Waals surface area (Å²) in [5, 5.41) is 9.40. The first-order chi connectivity index (χ1) is 15.0. The van der Waals surface area contributed by atoms with Crippen LogP contribution in [0.5, 0.6) is 0 Å². The second-order valence-corrected chi connectivity index (χ2v) is 8.92. The fourth-order valence-electron chi connectivity index (χ4n) is 4.09. The van der Waals surface area contributed by atoms with E-state index in [0.29, 0.717) is 12.8 Å². The third kappa shape index (κ3) is 11.6. The number of unbranched alkanes of at least 4 members (excludes halogenated alkanes) is 12. The van der Waals surface area contributed by atoms with Gasteiger partial charge in [-0.1, -0.05) is 104 Å². The quantitative estimate of drug-likeness (QED) is 0.141. The van der Waals surface area contributed by atoms with Crippen molar-refractivity contribution in [3.63, 3.8) is 0 Å². The van der Waals surface area contributed by atoms with E-state index >= 15 is 0 Å². The van der Waals surface area contributed by atoms with Crippen molar-refractivity contribution in [2.45, 2.75) is 123 Å². The lowest BCUT2D eigenvalue weighted by Gasteiger charge is -2.34. The highest BCUT2D eigenvalue weighted by atomic mass is 16.6. The van der Waals surface area contributed by atoms with Gasteiger partial charge in [0.15, 0.2) is 5.92 Å². The molecule has 1 aliphatic heterocycles. The Kier molecular flexibility index (Phi) is 15.1. The summed E-state index contributed by atoms with van der Waals surface area (Å²) in [6.45, 7) is 4.31. The van der Waals surface area contributed by atoms with Crippen molar-refractivity contribution in [1.82, 2.24) is 0 Å². The van der Waals surface area contributed by atoms with Crippen LogP contribution in [0, 0.1) is 11.8 Å². The van der Waals surface area contributed by atoms with Gasteiger partial charge in [-0.25, -0.2) is 0 Å². The third-order valence-electron chi connectivity index (χ3n) is 6.21. The molecule has 0 aromatic heterocycles. The molecular formula is C25H44O6. The van der Waals surface area contributed by atoms with Crippen LogP contribution in [0.3, 0.4) is 0 Å². The molecule has 0 unspecified atom stereocenters. The summed E-state index contributed by atoms with van der Waals surface area (Å²) in [6, 6.07) is 0. The number of cyclic esters (lactones) is 1. The molecule has 0 saturated carbocycles. The summed E-state index contributed by atoms with van der Waals surface area (Å²) >= 11 is 0. The molecule has 180 valence electrons. The van der Waals surface area contributed by atoms with E-state index in [-0.39, 0.29) is 18.5 Å². The van der Waals surface area contributed by atoms with Crippen molar-refractivity contribution in [1.29, 1.82) is 0 Å². The highest BCUT2D eigenvalue weighted by Gasteiger charge is 2.43. The van der Waals surface area contributed by atoms with Gasteiger partial charge in [-0.15, -0.1) is 0 Å². The van der Waals surface area contributed by atoms with E-state index in [1.165, 1.54) is 44.9 Å². The minimum atomic E-state index is -1.14. The summed E-state index contributed by atoms with van der Waals surface area (Å²) in [5.74, 6) is -3.45. The zero-order valence-corrected chi connectivity index (χ0v) is 19.7. The number of ether oxygens (including phenoxy) is 2. The predicted octanol–water partition coefficient (Wildman–Crippen LogP) is 6.05. The van der Waals surface area contributed by atoms with Crippen molar-refractivity contribution >= 4 is 17.9 Å². The van der Waals surface area contributed by atoms with Crippen LogP contribution in [0.2, 0.25) is 0 Å². The average Bonchev–Trinajstić information content (AvgIpc) is 2.74. The Balaban J connectivity index is 2.19. The molecule has 0 aromatic rings. The smallest absolute Gasteiger partial charge is 0.320 e. The van der Waals surface area contributed by atoms with Crippen molar-refractivity contribution in [3.05, 3.63) is 0 Å². The third-order valence-corrected chi connectivity index (χ3v) is 6.21. The minimum absolute atomic E-state index is 0.0369. The molecule has 1 heterocycles. The number of carboxylic acid groups (broad SMARTS) is 1. The highest BCUT2D eigenvalue weighted by molar-refractivity contribution is 5.93. The lowest BCUT2D eigenvalue weighted by atomic mass is 9.91. The molecular weight excluding hydrogens is 396 g/mol. The molecule has 31 heavy (non-hydrogen) atoms. The van der Waals surface area contributed by atoms with Gasteiger partial charge < -0.3 is 14.6 Å². The molecule has 1 fully saturated rings. The summed E-state index contributed by atoms with van der Waals surface area (Å²) in [7, 11) is 0. The number of esters is 2. The normalized spacial score (nSPS) is 18.8. The van der Waals surface area contributed by atoms with E-state index < -0.39 is 24.0 Å². The Hall–Kier alpha value is -1.59. The Morgan fingerprint density at radius 2 is 1.39 bits per heavy atom. The van der Waals surface area contributed by atoms with Crippen molar-refractivity contribution in [2.24, 2.45) is 11.8 Å². The van der Waals surface area contributed by atoms with Gasteiger partial charge in [-0.2, -0.15) is 0 Å². The van der Waals surface area contributed by atoms with Crippen LogP contribution in [-0.4, -0.2) is 35.7 Å². The molecule has 0 radical (unpaired) electrons. The maximum Gasteiger partial charge on any atom is 0.320 e. The van der Waals surface area contributed by atoms with E-state index in [9.17, 15) is 19.5 Å². The van der Waals surface area contributed by atoms with Gasteiger partial charge in [0.2, 0.25) is 0 Å². The molecule has 0 spiro atoms. The molecule has 1 aliphatic rings. The fraction of sp³-hybridized carbons (Fsp3) is 0.880. The van der Waals surface area contributed by atoms with Crippen LogP contribution in [0.25, 0.3) is 0 Å². The largest absolute Gasteiger partial charge is 0.481 e.